The number of nitrogens with one attached hydrogen (secondary N) is 3. The van der Waals surface area contributed by atoms with E-state index in [0.29, 0.717) is 18.0 Å². The van der Waals surface area contributed by atoms with Gasteiger partial charge in [0.25, 0.3) is 0 Å². The highest BCUT2D eigenvalue weighted by Gasteiger charge is 2.22. The van der Waals surface area contributed by atoms with Crippen molar-refractivity contribution in [1.82, 2.24) is 10.6 Å². The molecule has 0 radical (unpaired) electrons. The van der Waals surface area contributed by atoms with Gasteiger partial charge in [0.05, 0.1) is 0 Å². The smallest absolute Gasteiger partial charge is 0.319 e. The van der Waals surface area contributed by atoms with Crippen LogP contribution in [0, 0.1) is 5.92 Å². The highest BCUT2D eigenvalue weighted by molar-refractivity contribution is 5.89. The van der Waals surface area contributed by atoms with Gasteiger partial charge in [-0.05, 0) is 50.4 Å². The SMILES string of the molecule is CNC(C)c1ccc(NC(=O)NC2CCCCC2C)cc1. The van der Waals surface area contributed by atoms with Crippen LogP contribution in [0.5, 0.6) is 0 Å². The first-order valence-electron chi connectivity index (χ1n) is 7.95. The van der Waals surface area contributed by atoms with Crippen molar-refractivity contribution < 1.29 is 4.79 Å². The molecule has 1 aliphatic rings. The molecule has 0 spiro atoms. The van der Waals surface area contributed by atoms with Crippen LogP contribution in [-0.4, -0.2) is 19.1 Å². The van der Waals surface area contributed by atoms with Gasteiger partial charge in [0, 0.05) is 17.8 Å². The predicted octanol–water partition coefficient (Wildman–Crippen LogP) is 3.67. The van der Waals surface area contributed by atoms with E-state index in [1.165, 1.54) is 24.8 Å². The summed E-state index contributed by atoms with van der Waals surface area (Å²) in [7, 11) is 1.94. The third-order valence-electron chi connectivity index (χ3n) is 4.53. The maximum Gasteiger partial charge on any atom is 0.319 e. The minimum absolute atomic E-state index is 0.0943. The first-order chi connectivity index (χ1) is 10.1. The Hall–Kier alpha value is -1.55. The number of anilines is 1. The van der Waals surface area contributed by atoms with Crippen molar-refractivity contribution in [2.75, 3.05) is 12.4 Å². The lowest BCUT2D eigenvalue weighted by molar-refractivity contribution is 0.232. The normalized spacial score (nSPS) is 23.4. The average Bonchev–Trinajstić information content (AvgIpc) is 2.49. The lowest BCUT2D eigenvalue weighted by Gasteiger charge is -2.29. The van der Waals surface area contributed by atoms with E-state index in [1.807, 2.05) is 31.3 Å². The van der Waals surface area contributed by atoms with E-state index in [2.05, 4.69) is 29.8 Å². The fraction of sp³-hybridized carbons (Fsp3) is 0.588. The standard InChI is InChI=1S/C17H27N3O/c1-12-6-4-5-7-16(12)20-17(21)19-15-10-8-14(9-11-15)13(2)18-3/h8-13,16,18H,4-7H2,1-3H3,(H2,19,20,21). The zero-order chi connectivity index (χ0) is 15.2. The van der Waals surface area contributed by atoms with Crippen LogP contribution in [0.2, 0.25) is 0 Å². The van der Waals surface area contributed by atoms with Gasteiger partial charge in [0.2, 0.25) is 0 Å². The zero-order valence-electron chi connectivity index (χ0n) is 13.3. The maximum absolute atomic E-state index is 12.1. The first kappa shape index (κ1) is 15.8. The van der Waals surface area contributed by atoms with Crippen LogP contribution in [0.25, 0.3) is 0 Å². The maximum atomic E-state index is 12.1. The van der Waals surface area contributed by atoms with Crippen molar-refractivity contribution in [3.05, 3.63) is 29.8 Å². The largest absolute Gasteiger partial charge is 0.335 e. The number of hydrogen-bond acceptors (Lipinski definition) is 2. The molecule has 2 rings (SSSR count). The van der Waals surface area contributed by atoms with E-state index in [9.17, 15) is 4.79 Å². The Morgan fingerprint density at radius 3 is 2.48 bits per heavy atom. The minimum Gasteiger partial charge on any atom is -0.335 e. The molecule has 0 bridgehead atoms. The van der Waals surface area contributed by atoms with E-state index in [1.54, 1.807) is 0 Å². The molecule has 4 nitrogen and oxygen atoms in total. The third-order valence-corrected chi connectivity index (χ3v) is 4.53. The summed E-state index contributed by atoms with van der Waals surface area (Å²) >= 11 is 0. The van der Waals surface area contributed by atoms with Crippen molar-refractivity contribution in [2.24, 2.45) is 5.92 Å². The number of hydrogen-bond donors (Lipinski definition) is 3. The molecule has 0 aliphatic heterocycles. The lowest BCUT2D eigenvalue weighted by atomic mass is 9.86. The predicted molar refractivity (Wildman–Crippen MR) is 87.5 cm³/mol. The fourth-order valence-corrected chi connectivity index (χ4v) is 2.89. The van der Waals surface area contributed by atoms with Gasteiger partial charge in [0.15, 0.2) is 0 Å². The topological polar surface area (TPSA) is 53.2 Å². The molecule has 1 aromatic carbocycles. The molecule has 0 aromatic heterocycles. The first-order valence-corrected chi connectivity index (χ1v) is 7.95. The van der Waals surface area contributed by atoms with E-state index in [0.717, 1.165) is 12.1 Å². The van der Waals surface area contributed by atoms with Crippen LogP contribution in [-0.2, 0) is 0 Å². The molecule has 1 aromatic rings. The molecule has 2 amide bonds. The van der Waals surface area contributed by atoms with Crippen LogP contribution < -0.4 is 16.0 Å². The Balaban J connectivity index is 1.87. The number of benzene rings is 1. The highest BCUT2D eigenvalue weighted by atomic mass is 16.2. The lowest BCUT2D eigenvalue weighted by Crippen LogP contribution is -2.43. The van der Waals surface area contributed by atoms with Crippen molar-refractivity contribution in [2.45, 2.75) is 51.6 Å². The van der Waals surface area contributed by atoms with Crippen molar-refractivity contribution >= 4 is 11.7 Å². The second kappa shape index (κ2) is 7.46. The summed E-state index contributed by atoms with van der Waals surface area (Å²) in [5.41, 5.74) is 2.05. The van der Waals surface area contributed by atoms with Gasteiger partial charge in [-0.1, -0.05) is 31.9 Å². The zero-order valence-corrected chi connectivity index (χ0v) is 13.3. The molecule has 0 saturated heterocycles. The van der Waals surface area contributed by atoms with Crippen LogP contribution in [0.4, 0.5) is 10.5 Å². The molecule has 3 unspecified atom stereocenters. The van der Waals surface area contributed by atoms with Crippen LogP contribution >= 0.6 is 0 Å². The molecule has 4 heteroatoms. The Bertz CT molecular complexity index is 458. The molecule has 21 heavy (non-hydrogen) atoms. The van der Waals surface area contributed by atoms with Gasteiger partial charge in [-0.15, -0.1) is 0 Å². The quantitative estimate of drug-likeness (QED) is 0.792. The van der Waals surface area contributed by atoms with Gasteiger partial charge < -0.3 is 16.0 Å². The van der Waals surface area contributed by atoms with Crippen molar-refractivity contribution in [1.29, 1.82) is 0 Å². The Morgan fingerprint density at radius 1 is 1.19 bits per heavy atom. The molecule has 1 fully saturated rings. The highest BCUT2D eigenvalue weighted by Crippen LogP contribution is 2.23. The molecule has 3 atom stereocenters. The molecular weight excluding hydrogens is 262 g/mol. The monoisotopic (exact) mass is 289 g/mol. The van der Waals surface area contributed by atoms with Crippen molar-refractivity contribution in [3.63, 3.8) is 0 Å². The average molecular weight is 289 g/mol. The van der Waals surface area contributed by atoms with E-state index in [4.69, 9.17) is 0 Å². The fourth-order valence-electron chi connectivity index (χ4n) is 2.89. The summed E-state index contributed by atoms with van der Waals surface area (Å²) in [4.78, 5) is 12.1. The molecule has 1 saturated carbocycles. The second-order valence-electron chi connectivity index (χ2n) is 6.10. The molecular formula is C17H27N3O. The van der Waals surface area contributed by atoms with E-state index < -0.39 is 0 Å². The van der Waals surface area contributed by atoms with E-state index >= 15 is 0 Å². The van der Waals surface area contributed by atoms with Gasteiger partial charge in [0.1, 0.15) is 0 Å². The molecule has 1 aliphatic carbocycles. The van der Waals surface area contributed by atoms with Crippen LogP contribution in [0.3, 0.4) is 0 Å². The summed E-state index contributed by atoms with van der Waals surface area (Å²) < 4.78 is 0. The molecule has 0 heterocycles. The molecule has 3 N–H and O–H groups in total. The van der Waals surface area contributed by atoms with Gasteiger partial charge in [-0.3, -0.25) is 0 Å². The number of rotatable bonds is 4. The molecule has 116 valence electrons. The van der Waals surface area contributed by atoms with Crippen LogP contribution in [0.15, 0.2) is 24.3 Å². The summed E-state index contributed by atoms with van der Waals surface area (Å²) in [6.45, 7) is 4.33. The number of urea groups is 1. The Labute approximate surface area is 127 Å². The van der Waals surface area contributed by atoms with Crippen LogP contribution in [0.1, 0.15) is 51.1 Å². The number of carbonyl (C=O) groups is 1. The van der Waals surface area contributed by atoms with Gasteiger partial charge >= 0.3 is 6.03 Å². The van der Waals surface area contributed by atoms with Crippen molar-refractivity contribution in [3.8, 4) is 0 Å². The summed E-state index contributed by atoms with van der Waals surface area (Å²) in [6.07, 6.45) is 4.80. The Kier molecular flexibility index (Phi) is 5.62. The second-order valence-corrected chi connectivity index (χ2v) is 6.10. The number of carbonyl (C=O) groups excluding carboxylic acids is 1. The summed E-state index contributed by atoms with van der Waals surface area (Å²) in [5, 5.41) is 9.23. The summed E-state index contributed by atoms with van der Waals surface area (Å²) in [6, 6.07) is 8.52. The Morgan fingerprint density at radius 2 is 1.86 bits per heavy atom. The van der Waals surface area contributed by atoms with Gasteiger partial charge in [-0.25, -0.2) is 4.79 Å². The van der Waals surface area contributed by atoms with Gasteiger partial charge in [-0.2, -0.15) is 0 Å². The number of amides is 2. The minimum atomic E-state index is -0.0943. The third kappa shape index (κ3) is 4.46. The van der Waals surface area contributed by atoms with E-state index in [-0.39, 0.29) is 6.03 Å². The summed E-state index contributed by atoms with van der Waals surface area (Å²) in [5.74, 6) is 0.573.